The number of benzene rings is 2. The number of aromatic nitrogens is 3. The molecule has 6 nitrogen and oxygen atoms in total. The summed E-state index contributed by atoms with van der Waals surface area (Å²) in [7, 11) is 1.95. The largest absolute Gasteiger partial charge is 0.463 e. The lowest BCUT2D eigenvalue weighted by atomic mass is 9.82. The summed E-state index contributed by atoms with van der Waals surface area (Å²) < 4.78 is 7.98. The van der Waals surface area contributed by atoms with Crippen LogP contribution in [0.4, 0.5) is 0 Å². The van der Waals surface area contributed by atoms with Crippen molar-refractivity contribution < 1.29 is 4.42 Å². The summed E-state index contributed by atoms with van der Waals surface area (Å²) in [6.07, 6.45) is 5.86. The average molecular weight is 471 g/mol. The minimum Gasteiger partial charge on any atom is -0.463 e. The lowest BCUT2D eigenvalue weighted by molar-refractivity contribution is 0.176. The van der Waals surface area contributed by atoms with E-state index in [1.165, 1.54) is 18.4 Å². The van der Waals surface area contributed by atoms with Gasteiger partial charge in [0.05, 0.1) is 10.9 Å². The van der Waals surface area contributed by atoms with E-state index >= 15 is 0 Å². The van der Waals surface area contributed by atoms with Crippen LogP contribution in [0.15, 0.2) is 58.2 Å². The van der Waals surface area contributed by atoms with Crippen LogP contribution in [0.3, 0.4) is 0 Å². The van der Waals surface area contributed by atoms with Crippen molar-refractivity contribution in [3.05, 3.63) is 81.7 Å². The van der Waals surface area contributed by atoms with E-state index in [0.29, 0.717) is 16.5 Å². The van der Waals surface area contributed by atoms with Gasteiger partial charge in [0.15, 0.2) is 0 Å². The Hall–Kier alpha value is -3.25. The molecule has 5 rings (SSSR count). The van der Waals surface area contributed by atoms with Gasteiger partial charge in [-0.3, -0.25) is 9.69 Å². The van der Waals surface area contributed by atoms with E-state index in [1.807, 2.05) is 36.7 Å². The molecule has 1 fully saturated rings. The molecule has 1 aliphatic rings. The molecule has 1 saturated heterocycles. The van der Waals surface area contributed by atoms with Crippen molar-refractivity contribution in [2.75, 3.05) is 13.1 Å². The third-order valence-electron chi connectivity index (χ3n) is 7.43. The van der Waals surface area contributed by atoms with Gasteiger partial charge < -0.3 is 8.98 Å². The second-order valence-corrected chi connectivity index (χ2v) is 10.7. The first-order chi connectivity index (χ1) is 16.7. The zero-order valence-corrected chi connectivity index (χ0v) is 21.3. The maximum atomic E-state index is 13.7. The number of rotatable bonds is 5. The van der Waals surface area contributed by atoms with E-state index in [0.717, 1.165) is 48.1 Å². The summed E-state index contributed by atoms with van der Waals surface area (Å²) in [4.78, 5) is 16.2. The molecular weight excluding hydrogens is 436 g/mol. The van der Waals surface area contributed by atoms with Gasteiger partial charge in [-0.2, -0.15) is 0 Å². The summed E-state index contributed by atoms with van der Waals surface area (Å²) >= 11 is 0. The van der Waals surface area contributed by atoms with Gasteiger partial charge in [0.1, 0.15) is 24.0 Å². The first-order valence-electron chi connectivity index (χ1n) is 12.5. The molecule has 0 radical (unpaired) electrons. The van der Waals surface area contributed by atoms with Gasteiger partial charge in [-0.05, 0) is 80.5 Å². The normalized spacial score (nSPS) is 17.2. The summed E-state index contributed by atoms with van der Waals surface area (Å²) in [5.74, 6) is 1.59. The van der Waals surface area contributed by atoms with Crippen LogP contribution in [0.2, 0.25) is 0 Å². The van der Waals surface area contributed by atoms with Crippen LogP contribution < -0.4 is 5.43 Å². The van der Waals surface area contributed by atoms with E-state index in [4.69, 9.17) is 4.42 Å². The van der Waals surface area contributed by atoms with E-state index in [9.17, 15) is 4.79 Å². The summed E-state index contributed by atoms with van der Waals surface area (Å²) in [5.41, 5.74) is 4.98. The quantitative estimate of drug-likeness (QED) is 0.388. The lowest BCUT2D eigenvalue weighted by Crippen LogP contribution is -2.33. The molecule has 35 heavy (non-hydrogen) atoms. The summed E-state index contributed by atoms with van der Waals surface area (Å²) in [6, 6.07) is 12.3. The average Bonchev–Trinajstić information content (AvgIpc) is 3.27. The Bertz CT molecular complexity index is 1430. The number of hydrogen-bond acceptors (Lipinski definition) is 5. The number of hydrogen-bond donors (Lipinski definition) is 0. The fourth-order valence-corrected chi connectivity index (χ4v) is 5.52. The Morgan fingerprint density at radius 1 is 1.20 bits per heavy atom. The second kappa shape index (κ2) is 9.08. The van der Waals surface area contributed by atoms with Crippen LogP contribution in [-0.2, 0) is 19.0 Å². The summed E-state index contributed by atoms with van der Waals surface area (Å²) in [6.45, 7) is 11.7. The Balaban J connectivity index is 1.54. The summed E-state index contributed by atoms with van der Waals surface area (Å²) in [5, 5.41) is 9.03. The van der Waals surface area contributed by atoms with Crippen molar-refractivity contribution in [3.63, 3.8) is 0 Å². The van der Waals surface area contributed by atoms with E-state index in [1.54, 1.807) is 12.6 Å². The van der Waals surface area contributed by atoms with E-state index < -0.39 is 0 Å². The highest BCUT2D eigenvalue weighted by Gasteiger charge is 2.28. The molecule has 1 atom stereocenters. The molecule has 3 heterocycles. The molecular formula is C29H34N4O2. The standard InChI is InChI=1S/C29H34N4O2/c1-19-8-7-11-33(15-19)16-21-12-20(2)27-24(13-21)26(34)25(17-35-27)22-9-6-10-23(14-22)29(3,4)28-31-30-18-32(28)5/h6,9-10,12-14,17-19H,7-8,11,15-16H2,1-5H3. The number of piperidine rings is 1. The number of nitrogens with zero attached hydrogens (tertiary/aromatic N) is 4. The molecule has 0 saturated carbocycles. The van der Waals surface area contributed by atoms with Crippen LogP contribution >= 0.6 is 0 Å². The number of aryl methyl sites for hydroxylation is 2. The van der Waals surface area contributed by atoms with Crippen LogP contribution in [0, 0.1) is 12.8 Å². The first-order valence-corrected chi connectivity index (χ1v) is 12.5. The van der Waals surface area contributed by atoms with Crippen molar-refractivity contribution in [1.82, 2.24) is 19.7 Å². The molecule has 0 bridgehead atoms. The van der Waals surface area contributed by atoms with Gasteiger partial charge in [0.2, 0.25) is 5.43 Å². The van der Waals surface area contributed by atoms with Gasteiger partial charge in [0.25, 0.3) is 0 Å². The molecule has 0 aliphatic carbocycles. The zero-order valence-electron chi connectivity index (χ0n) is 21.3. The molecule has 4 aromatic rings. The van der Waals surface area contributed by atoms with Gasteiger partial charge in [-0.25, -0.2) is 0 Å². The third-order valence-corrected chi connectivity index (χ3v) is 7.43. The monoisotopic (exact) mass is 470 g/mol. The number of fused-ring (bicyclic) bond motifs is 1. The molecule has 0 spiro atoms. The van der Waals surface area contributed by atoms with Gasteiger partial charge in [-0.15, -0.1) is 10.2 Å². The zero-order chi connectivity index (χ0) is 24.7. The first kappa shape index (κ1) is 23.5. The lowest BCUT2D eigenvalue weighted by Gasteiger charge is -2.30. The number of likely N-dealkylation sites (tertiary alicyclic amines) is 1. The Kier molecular flexibility index (Phi) is 6.09. The minimum atomic E-state index is -0.367. The Morgan fingerprint density at radius 3 is 2.77 bits per heavy atom. The van der Waals surface area contributed by atoms with Crippen LogP contribution in [0.5, 0.6) is 0 Å². The van der Waals surface area contributed by atoms with Crippen molar-refractivity contribution in [2.45, 2.75) is 52.5 Å². The molecule has 2 aromatic carbocycles. The highest BCUT2D eigenvalue weighted by atomic mass is 16.3. The van der Waals surface area contributed by atoms with Crippen LogP contribution in [0.25, 0.3) is 22.1 Å². The smallest absolute Gasteiger partial charge is 0.200 e. The molecule has 2 aromatic heterocycles. The minimum absolute atomic E-state index is 0.0110. The highest BCUT2D eigenvalue weighted by molar-refractivity contribution is 5.84. The molecule has 182 valence electrons. The topological polar surface area (TPSA) is 64.2 Å². The SMILES string of the molecule is Cc1cc(CN2CCCC(C)C2)cc2c(=O)c(-c3cccc(C(C)(C)c4nncn4C)c3)coc12. The predicted molar refractivity (Wildman–Crippen MR) is 139 cm³/mol. The third kappa shape index (κ3) is 4.43. The van der Waals surface area contributed by atoms with E-state index in [2.05, 4.69) is 54.1 Å². The van der Waals surface area contributed by atoms with Crippen molar-refractivity contribution >= 4 is 11.0 Å². The molecule has 1 aliphatic heterocycles. The molecule has 6 heteroatoms. The van der Waals surface area contributed by atoms with Gasteiger partial charge >= 0.3 is 0 Å². The molecule has 0 amide bonds. The van der Waals surface area contributed by atoms with Crippen LogP contribution in [-0.4, -0.2) is 32.8 Å². The predicted octanol–water partition coefficient (Wildman–Crippen LogP) is 5.45. The van der Waals surface area contributed by atoms with Crippen molar-refractivity contribution in [1.29, 1.82) is 0 Å². The molecule has 0 N–H and O–H groups in total. The van der Waals surface area contributed by atoms with E-state index in [-0.39, 0.29) is 10.8 Å². The van der Waals surface area contributed by atoms with Crippen molar-refractivity contribution in [2.24, 2.45) is 13.0 Å². The maximum absolute atomic E-state index is 13.7. The van der Waals surface area contributed by atoms with Crippen molar-refractivity contribution in [3.8, 4) is 11.1 Å². The maximum Gasteiger partial charge on any atom is 0.200 e. The van der Waals surface area contributed by atoms with Gasteiger partial charge in [0, 0.05) is 25.6 Å². The van der Waals surface area contributed by atoms with Crippen LogP contribution in [0.1, 0.15) is 56.1 Å². The second-order valence-electron chi connectivity index (χ2n) is 10.7. The fourth-order valence-electron chi connectivity index (χ4n) is 5.52. The fraction of sp³-hybridized carbons (Fsp3) is 0.414. The highest BCUT2D eigenvalue weighted by Crippen LogP contribution is 2.32. The Labute approximate surface area is 206 Å². The Morgan fingerprint density at radius 2 is 2.03 bits per heavy atom. The molecule has 1 unspecified atom stereocenters. The van der Waals surface area contributed by atoms with Gasteiger partial charge in [-0.1, -0.05) is 31.2 Å².